The van der Waals surface area contributed by atoms with Crippen LogP contribution in [0.4, 0.5) is 0 Å². The minimum absolute atomic E-state index is 0.200. The molecule has 0 spiro atoms. The molecule has 2 atom stereocenters. The predicted molar refractivity (Wildman–Crippen MR) is 79.1 cm³/mol. The molecule has 2 unspecified atom stereocenters. The highest BCUT2D eigenvalue weighted by molar-refractivity contribution is 9.10. The molecule has 0 amide bonds. The number of nitrogens with one attached hydrogen (secondary N) is 1. The van der Waals surface area contributed by atoms with Gasteiger partial charge in [-0.25, -0.2) is 0 Å². The van der Waals surface area contributed by atoms with Crippen molar-refractivity contribution in [2.75, 3.05) is 13.7 Å². The van der Waals surface area contributed by atoms with Crippen molar-refractivity contribution in [1.29, 1.82) is 0 Å². The van der Waals surface area contributed by atoms with E-state index in [1.165, 1.54) is 0 Å². The second-order valence-electron chi connectivity index (χ2n) is 4.89. The third-order valence-corrected chi connectivity index (χ3v) is 4.01. The van der Waals surface area contributed by atoms with E-state index in [9.17, 15) is 0 Å². The van der Waals surface area contributed by atoms with Gasteiger partial charge in [0.1, 0.15) is 5.75 Å². The van der Waals surface area contributed by atoms with Crippen molar-refractivity contribution in [1.82, 2.24) is 5.43 Å². The zero-order valence-corrected chi connectivity index (χ0v) is 12.8. The Morgan fingerprint density at radius 2 is 2.42 bits per heavy atom. The van der Waals surface area contributed by atoms with Crippen molar-refractivity contribution >= 4 is 15.9 Å². The predicted octanol–water partition coefficient (Wildman–Crippen LogP) is 2.40. The lowest BCUT2D eigenvalue weighted by atomic mass is 9.99. The molecular formula is C14H21BrN2O2. The van der Waals surface area contributed by atoms with Crippen LogP contribution >= 0.6 is 15.9 Å². The average Bonchev–Trinajstić information content (AvgIpc) is 2.91. The number of rotatable bonds is 6. The number of halogens is 1. The van der Waals surface area contributed by atoms with E-state index in [2.05, 4.69) is 27.4 Å². The first-order valence-corrected chi connectivity index (χ1v) is 7.42. The number of hydrazine groups is 1. The fourth-order valence-electron chi connectivity index (χ4n) is 2.53. The first-order chi connectivity index (χ1) is 9.22. The third-order valence-electron chi connectivity index (χ3n) is 3.52. The van der Waals surface area contributed by atoms with E-state index < -0.39 is 0 Å². The van der Waals surface area contributed by atoms with E-state index in [1.807, 2.05) is 12.1 Å². The van der Waals surface area contributed by atoms with Crippen LogP contribution in [0.5, 0.6) is 5.75 Å². The Morgan fingerprint density at radius 3 is 3.05 bits per heavy atom. The maximum absolute atomic E-state index is 5.67. The van der Waals surface area contributed by atoms with Gasteiger partial charge in [-0.1, -0.05) is 15.9 Å². The summed E-state index contributed by atoms with van der Waals surface area (Å²) in [4.78, 5) is 0. The molecule has 0 radical (unpaired) electrons. The molecule has 0 saturated carbocycles. The van der Waals surface area contributed by atoms with Gasteiger partial charge in [0, 0.05) is 17.1 Å². The van der Waals surface area contributed by atoms with E-state index in [1.54, 1.807) is 7.11 Å². The number of benzene rings is 1. The fourth-order valence-corrected chi connectivity index (χ4v) is 2.94. The maximum atomic E-state index is 5.67. The molecule has 19 heavy (non-hydrogen) atoms. The fraction of sp³-hybridized carbons (Fsp3) is 0.571. The highest BCUT2D eigenvalue weighted by atomic mass is 79.9. The molecule has 0 aromatic heterocycles. The van der Waals surface area contributed by atoms with Crippen molar-refractivity contribution < 1.29 is 9.47 Å². The van der Waals surface area contributed by atoms with E-state index in [0.717, 1.165) is 48.1 Å². The largest absolute Gasteiger partial charge is 0.496 e. The summed E-state index contributed by atoms with van der Waals surface area (Å²) in [5.74, 6) is 6.57. The Kier molecular flexibility index (Phi) is 5.63. The van der Waals surface area contributed by atoms with E-state index >= 15 is 0 Å². The molecule has 1 saturated heterocycles. The highest BCUT2D eigenvalue weighted by Crippen LogP contribution is 2.26. The van der Waals surface area contributed by atoms with Crippen molar-refractivity contribution in [3.63, 3.8) is 0 Å². The Labute approximate surface area is 122 Å². The van der Waals surface area contributed by atoms with Gasteiger partial charge in [0.25, 0.3) is 0 Å². The maximum Gasteiger partial charge on any atom is 0.122 e. The van der Waals surface area contributed by atoms with Crippen LogP contribution in [-0.2, 0) is 11.2 Å². The topological polar surface area (TPSA) is 56.5 Å². The average molecular weight is 329 g/mol. The normalized spacial score (nSPS) is 20.5. The first kappa shape index (κ1) is 14.8. The standard InChI is InChI=1S/C14H21BrN2O2/c1-18-14-5-4-11(15)7-10(14)8-12(17-16)9-13-3-2-6-19-13/h4-5,7,12-13,17H,2-3,6,8-9,16H2,1H3. The lowest BCUT2D eigenvalue weighted by Gasteiger charge is -2.20. The van der Waals surface area contributed by atoms with Gasteiger partial charge >= 0.3 is 0 Å². The number of ether oxygens (including phenoxy) is 2. The van der Waals surface area contributed by atoms with Crippen LogP contribution in [0.3, 0.4) is 0 Å². The summed E-state index contributed by atoms with van der Waals surface area (Å²) in [6.07, 6.45) is 4.39. The molecule has 1 fully saturated rings. The van der Waals surface area contributed by atoms with E-state index in [0.29, 0.717) is 6.10 Å². The lowest BCUT2D eigenvalue weighted by molar-refractivity contribution is 0.0945. The van der Waals surface area contributed by atoms with Gasteiger partial charge in [0.15, 0.2) is 0 Å². The molecule has 3 N–H and O–H groups in total. The van der Waals surface area contributed by atoms with Crippen LogP contribution in [-0.4, -0.2) is 25.9 Å². The van der Waals surface area contributed by atoms with E-state index in [-0.39, 0.29) is 6.04 Å². The molecule has 0 bridgehead atoms. The zero-order valence-electron chi connectivity index (χ0n) is 11.2. The lowest BCUT2D eigenvalue weighted by Crippen LogP contribution is -2.39. The summed E-state index contributed by atoms with van der Waals surface area (Å²) in [7, 11) is 1.69. The molecule has 0 aliphatic carbocycles. The monoisotopic (exact) mass is 328 g/mol. The number of nitrogens with two attached hydrogens (primary N) is 1. The smallest absolute Gasteiger partial charge is 0.122 e. The van der Waals surface area contributed by atoms with Crippen molar-refractivity contribution in [2.24, 2.45) is 5.84 Å². The number of hydrogen-bond donors (Lipinski definition) is 2. The minimum atomic E-state index is 0.200. The molecule has 1 heterocycles. The SMILES string of the molecule is COc1ccc(Br)cc1CC(CC1CCCO1)NN. The molecular weight excluding hydrogens is 308 g/mol. The second-order valence-corrected chi connectivity index (χ2v) is 5.81. The molecule has 4 nitrogen and oxygen atoms in total. The molecule has 106 valence electrons. The van der Waals surface area contributed by atoms with Gasteiger partial charge in [-0.15, -0.1) is 0 Å². The Bertz CT molecular complexity index is 408. The molecule has 5 heteroatoms. The summed E-state index contributed by atoms with van der Waals surface area (Å²) >= 11 is 3.49. The van der Waals surface area contributed by atoms with Gasteiger partial charge in [-0.3, -0.25) is 11.3 Å². The Morgan fingerprint density at radius 1 is 1.58 bits per heavy atom. The Balaban J connectivity index is 2.02. The van der Waals surface area contributed by atoms with Crippen LogP contribution < -0.4 is 16.0 Å². The van der Waals surface area contributed by atoms with Crippen LogP contribution in [0, 0.1) is 0 Å². The number of hydrogen-bond acceptors (Lipinski definition) is 4. The summed E-state index contributed by atoms with van der Waals surface area (Å²) < 4.78 is 12.1. The van der Waals surface area contributed by atoms with Gasteiger partial charge in [-0.05, 0) is 49.4 Å². The summed E-state index contributed by atoms with van der Waals surface area (Å²) in [5, 5.41) is 0. The van der Waals surface area contributed by atoms with Crippen molar-refractivity contribution in [3.8, 4) is 5.75 Å². The summed E-state index contributed by atoms with van der Waals surface area (Å²) in [5.41, 5.74) is 4.05. The van der Waals surface area contributed by atoms with Crippen LogP contribution in [0.25, 0.3) is 0 Å². The van der Waals surface area contributed by atoms with Gasteiger partial charge in [0.2, 0.25) is 0 Å². The molecule has 1 aromatic carbocycles. The third kappa shape index (κ3) is 4.18. The van der Waals surface area contributed by atoms with Gasteiger partial charge in [-0.2, -0.15) is 0 Å². The minimum Gasteiger partial charge on any atom is -0.496 e. The summed E-state index contributed by atoms with van der Waals surface area (Å²) in [6, 6.07) is 6.23. The Hall–Kier alpha value is -0.620. The molecule has 1 aliphatic heterocycles. The first-order valence-electron chi connectivity index (χ1n) is 6.63. The van der Waals surface area contributed by atoms with Gasteiger partial charge < -0.3 is 9.47 Å². The number of methoxy groups -OCH3 is 1. The molecule has 2 rings (SSSR count). The van der Waals surface area contributed by atoms with Crippen LogP contribution in [0.1, 0.15) is 24.8 Å². The van der Waals surface area contributed by atoms with Crippen molar-refractivity contribution in [3.05, 3.63) is 28.2 Å². The molecule has 1 aromatic rings. The second kappa shape index (κ2) is 7.24. The van der Waals surface area contributed by atoms with Crippen molar-refractivity contribution in [2.45, 2.75) is 37.8 Å². The highest BCUT2D eigenvalue weighted by Gasteiger charge is 2.21. The zero-order chi connectivity index (χ0) is 13.7. The molecule has 1 aliphatic rings. The summed E-state index contributed by atoms with van der Waals surface area (Å²) in [6.45, 7) is 0.877. The quantitative estimate of drug-likeness (QED) is 0.622. The van der Waals surface area contributed by atoms with Gasteiger partial charge in [0.05, 0.1) is 13.2 Å². The van der Waals surface area contributed by atoms with E-state index in [4.69, 9.17) is 15.3 Å². The van der Waals surface area contributed by atoms with Crippen LogP contribution in [0.15, 0.2) is 22.7 Å². The van der Waals surface area contributed by atoms with Crippen LogP contribution in [0.2, 0.25) is 0 Å².